The third-order valence-corrected chi connectivity index (χ3v) is 5.03. The molecule has 144 valence electrons. The Balaban J connectivity index is 1.47. The zero-order chi connectivity index (χ0) is 20.1. The molecule has 3 rings (SSSR count). The summed E-state index contributed by atoms with van der Waals surface area (Å²) in [5.74, 6) is -1.07. The first-order valence-corrected chi connectivity index (χ1v) is 9.29. The van der Waals surface area contributed by atoms with Crippen molar-refractivity contribution in [2.24, 2.45) is 0 Å². The van der Waals surface area contributed by atoms with E-state index in [0.29, 0.717) is 12.0 Å². The van der Waals surface area contributed by atoms with E-state index in [1.54, 1.807) is 13.0 Å². The van der Waals surface area contributed by atoms with Crippen LogP contribution < -0.4 is 5.32 Å². The van der Waals surface area contributed by atoms with Crippen LogP contribution in [0.5, 0.6) is 0 Å². The molecule has 28 heavy (non-hydrogen) atoms. The van der Waals surface area contributed by atoms with E-state index < -0.39 is 23.4 Å². The van der Waals surface area contributed by atoms with Gasteiger partial charge in [0.2, 0.25) is 0 Å². The van der Waals surface area contributed by atoms with Crippen LogP contribution >= 0.6 is 11.3 Å². The average Bonchev–Trinajstić information content (AvgIpc) is 3.09. The average molecular weight is 399 g/mol. The molecule has 0 unspecified atom stereocenters. The van der Waals surface area contributed by atoms with Gasteiger partial charge in [-0.05, 0) is 25.1 Å². The third kappa shape index (κ3) is 4.89. The molecule has 0 saturated carbocycles. The van der Waals surface area contributed by atoms with Gasteiger partial charge in [-0.25, -0.2) is 4.98 Å². The number of hydrogen-bond acceptors (Lipinski definition) is 7. The van der Waals surface area contributed by atoms with Gasteiger partial charge in [0.05, 0.1) is 26.6 Å². The first-order chi connectivity index (χ1) is 13.4. The zero-order valence-electron chi connectivity index (χ0n) is 15.0. The van der Waals surface area contributed by atoms with E-state index in [2.05, 4.69) is 10.3 Å². The predicted octanol–water partition coefficient (Wildman–Crippen LogP) is 3.63. The summed E-state index contributed by atoms with van der Waals surface area (Å²) in [6, 6.07) is 12.1. The molecule has 1 heterocycles. The summed E-state index contributed by atoms with van der Waals surface area (Å²) < 4.78 is 6.02. The molecular formula is C19H17N3O5S. The van der Waals surface area contributed by atoms with Gasteiger partial charge in [-0.2, -0.15) is 0 Å². The lowest BCUT2D eigenvalue weighted by Gasteiger charge is -2.07. The van der Waals surface area contributed by atoms with Gasteiger partial charge in [0, 0.05) is 23.7 Å². The molecule has 1 aromatic heterocycles. The molecule has 3 aromatic rings. The maximum Gasteiger partial charge on any atom is 0.306 e. The molecule has 1 N–H and O–H groups in total. The number of anilines is 1. The zero-order valence-corrected chi connectivity index (χ0v) is 15.8. The number of amides is 1. The van der Waals surface area contributed by atoms with Crippen LogP contribution in [0.2, 0.25) is 0 Å². The minimum atomic E-state index is -0.563. The van der Waals surface area contributed by atoms with Crippen LogP contribution in [0.4, 0.5) is 11.4 Å². The number of aromatic nitrogens is 1. The topological polar surface area (TPSA) is 111 Å². The highest BCUT2D eigenvalue weighted by atomic mass is 32.1. The molecule has 2 aromatic carbocycles. The Hall–Kier alpha value is -3.33. The van der Waals surface area contributed by atoms with Gasteiger partial charge < -0.3 is 10.1 Å². The molecule has 0 bridgehead atoms. The molecular weight excluding hydrogens is 382 g/mol. The van der Waals surface area contributed by atoms with Crippen LogP contribution in [0.3, 0.4) is 0 Å². The number of fused-ring (bicyclic) bond motifs is 1. The smallest absolute Gasteiger partial charge is 0.306 e. The van der Waals surface area contributed by atoms with Crippen LogP contribution in [0.25, 0.3) is 10.2 Å². The van der Waals surface area contributed by atoms with Gasteiger partial charge in [-0.15, -0.1) is 11.3 Å². The summed E-state index contributed by atoms with van der Waals surface area (Å²) >= 11 is 1.52. The fourth-order valence-electron chi connectivity index (χ4n) is 2.53. The van der Waals surface area contributed by atoms with Crippen molar-refractivity contribution in [3.63, 3.8) is 0 Å². The number of nitrogens with zero attached hydrogens (tertiary/aromatic N) is 2. The number of hydrogen-bond donors (Lipinski definition) is 1. The number of rotatable bonds is 7. The van der Waals surface area contributed by atoms with Crippen molar-refractivity contribution >= 4 is 44.8 Å². The molecule has 0 radical (unpaired) electrons. The number of carbonyl (C=O) groups is 2. The second-order valence-electron chi connectivity index (χ2n) is 6.04. The first-order valence-electron chi connectivity index (χ1n) is 8.47. The fourth-order valence-corrected chi connectivity index (χ4v) is 3.50. The van der Waals surface area contributed by atoms with E-state index in [0.717, 1.165) is 15.2 Å². The van der Waals surface area contributed by atoms with E-state index in [1.807, 2.05) is 24.3 Å². The number of aryl methyl sites for hydroxylation is 2. The largest absolute Gasteiger partial charge is 0.456 e. The molecule has 9 heteroatoms. The Kier molecular flexibility index (Phi) is 5.95. The summed E-state index contributed by atoms with van der Waals surface area (Å²) in [4.78, 5) is 38.6. The molecule has 0 atom stereocenters. The Morgan fingerprint density at radius 1 is 1.25 bits per heavy atom. The van der Waals surface area contributed by atoms with Crippen molar-refractivity contribution < 1.29 is 19.2 Å². The highest BCUT2D eigenvalue weighted by Crippen LogP contribution is 2.23. The third-order valence-electron chi connectivity index (χ3n) is 3.94. The summed E-state index contributed by atoms with van der Waals surface area (Å²) in [6.07, 6.45) is 0.549. The Bertz CT molecular complexity index is 1010. The maximum absolute atomic E-state index is 11.9. The molecule has 0 saturated heterocycles. The van der Waals surface area contributed by atoms with Crippen LogP contribution in [0, 0.1) is 17.0 Å². The second kappa shape index (κ2) is 8.57. The minimum Gasteiger partial charge on any atom is -0.456 e. The monoisotopic (exact) mass is 399 g/mol. The van der Waals surface area contributed by atoms with Crippen molar-refractivity contribution in [3.8, 4) is 0 Å². The molecule has 1 amide bonds. The number of esters is 1. The number of carbonyl (C=O) groups excluding carboxylic acids is 2. The lowest BCUT2D eigenvalue weighted by Crippen LogP contribution is -2.21. The van der Waals surface area contributed by atoms with Gasteiger partial charge in [-0.1, -0.05) is 18.2 Å². The van der Waals surface area contributed by atoms with Gasteiger partial charge in [0.15, 0.2) is 6.61 Å². The normalized spacial score (nSPS) is 10.6. The van der Waals surface area contributed by atoms with Crippen LogP contribution in [0.1, 0.15) is 17.0 Å². The molecule has 8 nitrogen and oxygen atoms in total. The molecule has 0 aliphatic heterocycles. The Morgan fingerprint density at radius 2 is 2.04 bits per heavy atom. The van der Waals surface area contributed by atoms with Crippen LogP contribution in [-0.2, 0) is 20.7 Å². The summed E-state index contributed by atoms with van der Waals surface area (Å²) in [6.45, 7) is 1.15. The Labute approximate surface area is 164 Å². The minimum absolute atomic E-state index is 0.0920. The van der Waals surface area contributed by atoms with Crippen LogP contribution in [0.15, 0.2) is 42.5 Å². The fraction of sp³-hybridized carbons (Fsp3) is 0.211. The summed E-state index contributed by atoms with van der Waals surface area (Å²) in [5.41, 5.74) is 1.56. The number of para-hydroxylation sites is 1. The van der Waals surface area contributed by atoms with E-state index >= 15 is 0 Å². The van der Waals surface area contributed by atoms with Crippen molar-refractivity contribution in [1.82, 2.24) is 4.98 Å². The van der Waals surface area contributed by atoms with E-state index in [-0.39, 0.29) is 17.8 Å². The summed E-state index contributed by atoms with van der Waals surface area (Å²) in [7, 11) is 0. The van der Waals surface area contributed by atoms with E-state index in [1.165, 1.54) is 23.5 Å². The predicted molar refractivity (Wildman–Crippen MR) is 105 cm³/mol. The van der Waals surface area contributed by atoms with Crippen molar-refractivity contribution in [2.75, 3.05) is 11.9 Å². The SMILES string of the molecule is Cc1ccc(NC(=O)COC(=O)CCc2nc3ccccc3s2)cc1[N+](=O)[O-]. The number of thiazole rings is 1. The maximum atomic E-state index is 11.9. The highest BCUT2D eigenvalue weighted by molar-refractivity contribution is 7.18. The standard InChI is InChI=1S/C19H17N3O5S/c1-12-6-7-13(10-15(12)22(25)26)20-17(23)11-27-19(24)9-8-18-21-14-4-2-3-5-16(14)28-18/h2-7,10H,8-9,11H2,1H3,(H,20,23). The van der Waals surface area contributed by atoms with Crippen molar-refractivity contribution in [3.05, 3.63) is 63.1 Å². The molecule has 0 aliphatic carbocycles. The van der Waals surface area contributed by atoms with Crippen molar-refractivity contribution in [1.29, 1.82) is 0 Å². The van der Waals surface area contributed by atoms with Crippen LogP contribution in [-0.4, -0.2) is 28.4 Å². The highest BCUT2D eigenvalue weighted by Gasteiger charge is 2.14. The molecule has 0 aliphatic rings. The van der Waals surface area contributed by atoms with Gasteiger partial charge in [0.25, 0.3) is 11.6 Å². The number of nitro groups is 1. The molecule has 0 fully saturated rings. The number of nitro benzene ring substituents is 1. The number of ether oxygens (including phenoxy) is 1. The van der Waals surface area contributed by atoms with E-state index in [4.69, 9.17) is 4.74 Å². The van der Waals surface area contributed by atoms with Gasteiger partial charge in [0.1, 0.15) is 0 Å². The second-order valence-corrected chi connectivity index (χ2v) is 7.16. The summed E-state index contributed by atoms with van der Waals surface area (Å²) in [5, 5.41) is 14.2. The lowest BCUT2D eigenvalue weighted by molar-refractivity contribution is -0.385. The van der Waals surface area contributed by atoms with Gasteiger partial charge in [-0.3, -0.25) is 19.7 Å². The Morgan fingerprint density at radius 3 is 2.79 bits per heavy atom. The molecule has 0 spiro atoms. The lowest BCUT2D eigenvalue weighted by atomic mass is 10.2. The van der Waals surface area contributed by atoms with Gasteiger partial charge >= 0.3 is 5.97 Å². The first kappa shape index (κ1) is 19.4. The number of benzene rings is 2. The number of nitrogens with one attached hydrogen (secondary N) is 1. The van der Waals surface area contributed by atoms with E-state index in [9.17, 15) is 19.7 Å². The quantitative estimate of drug-likeness (QED) is 0.369. The van der Waals surface area contributed by atoms with Crippen molar-refractivity contribution in [2.45, 2.75) is 19.8 Å².